The van der Waals surface area contributed by atoms with Crippen molar-refractivity contribution < 1.29 is 27.4 Å². The number of rotatable bonds is 2. The van der Waals surface area contributed by atoms with Gasteiger partial charge in [-0.3, -0.25) is 0 Å². The van der Waals surface area contributed by atoms with Crippen LogP contribution in [0.4, 0.5) is 23.7 Å². The SMILES string of the molecule is CC(C)(C)OC(=O)N1CCN(c2cccc3c2OC(c2ccc(Cl)cc2F)CC3(F)F)CC1. The fourth-order valence-electron chi connectivity index (χ4n) is 4.10. The topological polar surface area (TPSA) is 42.0 Å². The summed E-state index contributed by atoms with van der Waals surface area (Å²) in [5.41, 5.74) is -0.289. The second-order valence-corrected chi connectivity index (χ2v) is 9.73. The molecule has 2 aromatic rings. The van der Waals surface area contributed by atoms with Crippen LogP contribution in [0.1, 0.15) is 44.4 Å². The molecular formula is C24H26ClF3N2O3. The molecule has 0 aliphatic carbocycles. The minimum Gasteiger partial charge on any atom is -0.483 e. The van der Waals surface area contributed by atoms with Crippen LogP contribution in [0.15, 0.2) is 36.4 Å². The van der Waals surface area contributed by atoms with Crippen LogP contribution < -0.4 is 9.64 Å². The van der Waals surface area contributed by atoms with Crippen LogP contribution in [0.2, 0.25) is 5.02 Å². The molecule has 0 bridgehead atoms. The van der Waals surface area contributed by atoms with Crippen LogP contribution in [0.25, 0.3) is 0 Å². The number of piperazine rings is 1. The molecule has 5 nitrogen and oxygen atoms in total. The molecule has 1 unspecified atom stereocenters. The number of alkyl halides is 2. The van der Waals surface area contributed by atoms with Crippen molar-refractivity contribution in [3.63, 3.8) is 0 Å². The smallest absolute Gasteiger partial charge is 0.410 e. The average molecular weight is 483 g/mol. The first-order valence-corrected chi connectivity index (χ1v) is 11.2. The predicted molar refractivity (Wildman–Crippen MR) is 120 cm³/mol. The van der Waals surface area contributed by atoms with Gasteiger partial charge >= 0.3 is 6.09 Å². The number of ether oxygens (including phenoxy) is 2. The van der Waals surface area contributed by atoms with Crippen LogP contribution in [0.5, 0.6) is 5.75 Å². The number of fused-ring (bicyclic) bond motifs is 1. The number of anilines is 1. The van der Waals surface area contributed by atoms with Gasteiger partial charge in [-0.15, -0.1) is 0 Å². The van der Waals surface area contributed by atoms with Crippen molar-refractivity contribution in [1.82, 2.24) is 4.90 Å². The molecule has 0 saturated carbocycles. The first-order valence-electron chi connectivity index (χ1n) is 10.8. The van der Waals surface area contributed by atoms with Gasteiger partial charge in [-0.1, -0.05) is 23.7 Å². The highest BCUT2D eigenvalue weighted by atomic mass is 35.5. The number of hydrogen-bond donors (Lipinski definition) is 0. The Bertz CT molecular complexity index is 1050. The number of halogens is 4. The molecule has 2 heterocycles. The molecule has 0 spiro atoms. The first kappa shape index (κ1) is 23.5. The second-order valence-electron chi connectivity index (χ2n) is 9.29. The van der Waals surface area contributed by atoms with E-state index in [4.69, 9.17) is 21.1 Å². The van der Waals surface area contributed by atoms with Crippen molar-refractivity contribution in [3.8, 4) is 5.75 Å². The van der Waals surface area contributed by atoms with Gasteiger partial charge < -0.3 is 19.3 Å². The van der Waals surface area contributed by atoms with Gasteiger partial charge in [0.2, 0.25) is 0 Å². The van der Waals surface area contributed by atoms with E-state index in [1.54, 1.807) is 37.8 Å². The summed E-state index contributed by atoms with van der Waals surface area (Å²) in [6, 6.07) is 8.54. The lowest BCUT2D eigenvalue weighted by atomic mass is 9.93. The molecule has 9 heteroatoms. The van der Waals surface area contributed by atoms with Gasteiger partial charge in [0.25, 0.3) is 5.92 Å². The van der Waals surface area contributed by atoms with Gasteiger partial charge in [0, 0.05) is 36.8 Å². The predicted octanol–water partition coefficient (Wildman–Crippen LogP) is 6.15. The van der Waals surface area contributed by atoms with Crippen molar-refractivity contribution in [1.29, 1.82) is 0 Å². The quantitative estimate of drug-likeness (QED) is 0.514. The third kappa shape index (κ3) is 5.00. The summed E-state index contributed by atoms with van der Waals surface area (Å²) < 4.78 is 56.1. The van der Waals surface area contributed by atoms with Gasteiger partial charge in [0.15, 0.2) is 5.75 Å². The Labute approximate surface area is 196 Å². The summed E-state index contributed by atoms with van der Waals surface area (Å²) in [5, 5.41) is 0.183. The maximum Gasteiger partial charge on any atom is 0.410 e. The highest BCUT2D eigenvalue weighted by Crippen LogP contribution is 2.51. The van der Waals surface area contributed by atoms with Gasteiger partial charge in [0.1, 0.15) is 17.5 Å². The van der Waals surface area contributed by atoms with Crippen LogP contribution in [-0.2, 0) is 10.7 Å². The lowest BCUT2D eigenvalue weighted by molar-refractivity contribution is -0.0661. The summed E-state index contributed by atoms with van der Waals surface area (Å²) in [4.78, 5) is 15.8. The monoisotopic (exact) mass is 482 g/mol. The summed E-state index contributed by atoms with van der Waals surface area (Å²) >= 11 is 5.82. The molecule has 1 fully saturated rings. The Kier molecular flexibility index (Phi) is 6.16. The Hall–Kier alpha value is -2.61. The molecule has 178 valence electrons. The zero-order valence-electron chi connectivity index (χ0n) is 18.7. The van der Waals surface area contributed by atoms with E-state index >= 15 is 8.78 Å². The second kappa shape index (κ2) is 8.63. The lowest BCUT2D eigenvalue weighted by Crippen LogP contribution is -2.50. The Morgan fingerprint density at radius 2 is 1.85 bits per heavy atom. The Morgan fingerprint density at radius 1 is 1.15 bits per heavy atom. The molecule has 1 saturated heterocycles. The largest absolute Gasteiger partial charge is 0.483 e. The van der Waals surface area contributed by atoms with E-state index in [0.717, 1.165) is 6.07 Å². The third-order valence-corrected chi connectivity index (χ3v) is 5.91. The van der Waals surface area contributed by atoms with Gasteiger partial charge in [-0.05, 0) is 45.0 Å². The molecular weight excluding hydrogens is 457 g/mol. The summed E-state index contributed by atoms with van der Waals surface area (Å²) in [6.07, 6.45) is -2.23. The maximum absolute atomic E-state index is 15.1. The summed E-state index contributed by atoms with van der Waals surface area (Å²) in [5.74, 6) is -3.84. The van der Waals surface area contributed by atoms with Crippen LogP contribution >= 0.6 is 11.6 Å². The molecule has 1 atom stereocenters. The number of hydrogen-bond acceptors (Lipinski definition) is 4. The van der Waals surface area contributed by atoms with Gasteiger partial charge in [-0.2, -0.15) is 0 Å². The number of nitrogens with zero attached hydrogens (tertiary/aromatic N) is 2. The van der Waals surface area contributed by atoms with Crippen molar-refractivity contribution in [2.24, 2.45) is 0 Å². The molecule has 1 amide bonds. The molecule has 2 aromatic carbocycles. The first-order chi connectivity index (χ1) is 15.4. The zero-order valence-corrected chi connectivity index (χ0v) is 19.5. The lowest BCUT2D eigenvalue weighted by Gasteiger charge is -2.39. The van der Waals surface area contributed by atoms with Crippen LogP contribution in [-0.4, -0.2) is 42.8 Å². The highest BCUT2D eigenvalue weighted by molar-refractivity contribution is 6.30. The van der Waals surface area contributed by atoms with Crippen LogP contribution in [0, 0.1) is 5.82 Å². The average Bonchev–Trinajstić information content (AvgIpc) is 2.72. The Balaban J connectivity index is 1.58. The molecule has 4 rings (SSSR count). The Morgan fingerprint density at radius 3 is 2.48 bits per heavy atom. The van der Waals surface area contributed by atoms with E-state index in [2.05, 4.69) is 0 Å². The zero-order chi connectivity index (χ0) is 24.0. The van der Waals surface area contributed by atoms with E-state index < -0.39 is 36.0 Å². The van der Waals surface area contributed by atoms with E-state index in [-0.39, 0.29) is 21.9 Å². The van der Waals surface area contributed by atoms with E-state index in [1.165, 1.54) is 18.2 Å². The van der Waals surface area contributed by atoms with Crippen molar-refractivity contribution in [2.75, 3.05) is 31.1 Å². The molecule has 2 aliphatic heterocycles. The fraction of sp³-hybridized carbons (Fsp3) is 0.458. The molecule has 0 aromatic heterocycles. The normalized spacial score (nSPS) is 20.2. The van der Waals surface area contributed by atoms with Gasteiger partial charge in [-0.25, -0.2) is 18.0 Å². The van der Waals surface area contributed by atoms with E-state index in [0.29, 0.717) is 31.9 Å². The maximum atomic E-state index is 15.1. The molecule has 0 radical (unpaired) electrons. The van der Waals surface area contributed by atoms with Crippen molar-refractivity contribution >= 4 is 23.4 Å². The van der Waals surface area contributed by atoms with E-state index in [1.807, 2.05) is 4.90 Å². The van der Waals surface area contributed by atoms with Gasteiger partial charge in [0.05, 0.1) is 17.7 Å². The highest BCUT2D eigenvalue weighted by Gasteiger charge is 2.45. The van der Waals surface area contributed by atoms with Crippen molar-refractivity contribution in [2.45, 2.75) is 44.8 Å². The summed E-state index contributed by atoms with van der Waals surface area (Å²) in [6.45, 7) is 7.00. The molecule has 0 N–H and O–H groups in total. The fourth-order valence-corrected chi connectivity index (χ4v) is 4.26. The number of amides is 1. The van der Waals surface area contributed by atoms with Crippen molar-refractivity contribution in [3.05, 3.63) is 58.4 Å². The number of benzene rings is 2. The minimum absolute atomic E-state index is 0.0364. The molecule has 33 heavy (non-hydrogen) atoms. The number of carbonyl (C=O) groups excluding carboxylic acids is 1. The van der Waals surface area contributed by atoms with E-state index in [9.17, 15) is 9.18 Å². The van der Waals surface area contributed by atoms with Crippen LogP contribution in [0.3, 0.4) is 0 Å². The number of para-hydroxylation sites is 1. The third-order valence-electron chi connectivity index (χ3n) is 5.67. The molecule has 2 aliphatic rings. The summed E-state index contributed by atoms with van der Waals surface area (Å²) in [7, 11) is 0. The standard InChI is InChI=1S/C24H26ClF3N2O3/c1-23(2,3)33-22(31)30-11-9-29(10-12-30)19-6-4-5-17-21(19)32-20(14-24(17,27)28)16-8-7-15(25)13-18(16)26/h4-8,13,20H,9-12,14H2,1-3H3. The minimum atomic E-state index is -3.20. The number of carbonyl (C=O) groups is 1.